The van der Waals surface area contributed by atoms with Crippen molar-refractivity contribution in [1.29, 1.82) is 0 Å². The fourth-order valence-electron chi connectivity index (χ4n) is 1.02. The van der Waals surface area contributed by atoms with Gasteiger partial charge >= 0.3 is 0 Å². The van der Waals surface area contributed by atoms with Crippen LogP contribution in [0.4, 0.5) is 0 Å². The first-order valence-electron chi connectivity index (χ1n) is 4.67. The predicted octanol–water partition coefficient (Wildman–Crippen LogP) is 0.107. The zero-order valence-corrected chi connectivity index (χ0v) is 9.25. The lowest BCUT2D eigenvalue weighted by atomic mass is 10.2. The molecule has 0 saturated carbocycles. The van der Waals surface area contributed by atoms with E-state index in [9.17, 15) is 5.11 Å². The number of nitrogens with one attached hydrogen (secondary N) is 1. The summed E-state index contributed by atoms with van der Waals surface area (Å²) in [5.41, 5.74) is 8.83. The third-order valence-corrected chi connectivity index (χ3v) is 1.57. The van der Waals surface area contributed by atoms with Crippen LogP contribution in [0, 0.1) is 0 Å². The van der Waals surface area contributed by atoms with E-state index in [2.05, 4.69) is 15.6 Å². The SMILES string of the molecule is CN(C)N=C(N)NN=Cc1cccc(O)c1. The second kappa shape index (κ2) is 5.59. The Morgan fingerprint density at radius 1 is 1.50 bits per heavy atom. The van der Waals surface area contributed by atoms with Crippen LogP contribution in [0.3, 0.4) is 0 Å². The molecule has 1 aromatic carbocycles. The molecule has 0 aliphatic heterocycles. The van der Waals surface area contributed by atoms with E-state index in [1.165, 1.54) is 6.21 Å². The van der Waals surface area contributed by atoms with Crippen LogP contribution in [0.2, 0.25) is 0 Å². The molecule has 0 radical (unpaired) electrons. The molecule has 0 atom stereocenters. The molecule has 0 amide bonds. The van der Waals surface area contributed by atoms with Crippen molar-refractivity contribution < 1.29 is 5.11 Å². The molecule has 0 saturated heterocycles. The summed E-state index contributed by atoms with van der Waals surface area (Å²) in [5, 5.41) is 18.5. The van der Waals surface area contributed by atoms with Gasteiger partial charge in [0.2, 0.25) is 5.96 Å². The number of hydrogen-bond acceptors (Lipinski definition) is 4. The van der Waals surface area contributed by atoms with Crippen molar-refractivity contribution in [3.63, 3.8) is 0 Å². The van der Waals surface area contributed by atoms with Gasteiger partial charge in [-0.2, -0.15) is 5.10 Å². The highest BCUT2D eigenvalue weighted by Crippen LogP contribution is 2.08. The van der Waals surface area contributed by atoms with E-state index in [1.54, 1.807) is 37.3 Å². The van der Waals surface area contributed by atoms with Gasteiger partial charge in [0.05, 0.1) is 6.21 Å². The van der Waals surface area contributed by atoms with Gasteiger partial charge in [0.1, 0.15) is 5.75 Å². The lowest BCUT2D eigenvalue weighted by molar-refractivity contribution is 0.434. The number of nitrogens with zero attached hydrogens (tertiary/aromatic N) is 3. The minimum atomic E-state index is 0.193. The number of phenols is 1. The van der Waals surface area contributed by atoms with Crippen molar-refractivity contribution in [2.24, 2.45) is 15.9 Å². The molecule has 6 heteroatoms. The van der Waals surface area contributed by atoms with Crippen LogP contribution < -0.4 is 11.2 Å². The molecule has 0 aromatic heterocycles. The first kappa shape index (κ1) is 11.8. The molecular weight excluding hydrogens is 206 g/mol. The molecule has 0 heterocycles. The van der Waals surface area contributed by atoms with Crippen LogP contribution in [0.15, 0.2) is 34.5 Å². The van der Waals surface area contributed by atoms with Crippen molar-refractivity contribution in [3.05, 3.63) is 29.8 Å². The Morgan fingerprint density at radius 3 is 2.88 bits per heavy atom. The first-order valence-corrected chi connectivity index (χ1v) is 4.67. The Morgan fingerprint density at radius 2 is 2.25 bits per heavy atom. The smallest absolute Gasteiger partial charge is 0.231 e. The fourth-order valence-corrected chi connectivity index (χ4v) is 1.02. The third kappa shape index (κ3) is 4.32. The number of hydrazone groups is 2. The highest BCUT2D eigenvalue weighted by atomic mass is 16.3. The van der Waals surface area contributed by atoms with E-state index in [-0.39, 0.29) is 11.7 Å². The van der Waals surface area contributed by atoms with Crippen molar-refractivity contribution in [2.75, 3.05) is 14.1 Å². The number of aromatic hydroxyl groups is 1. The maximum absolute atomic E-state index is 9.20. The van der Waals surface area contributed by atoms with Crippen LogP contribution in [-0.2, 0) is 0 Å². The second-order valence-electron chi connectivity index (χ2n) is 3.30. The van der Waals surface area contributed by atoms with Gasteiger partial charge < -0.3 is 10.8 Å². The van der Waals surface area contributed by atoms with Gasteiger partial charge in [0.25, 0.3) is 0 Å². The van der Waals surface area contributed by atoms with E-state index >= 15 is 0 Å². The quantitative estimate of drug-likeness (QED) is 0.384. The number of phenolic OH excluding ortho intramolecular Hbond substituents is 1. The summed E-state index contributed by atoms with van der Waals surface area (Å²) in [6, 6.07) is 6.72. The molecule has 86 valence electrons. The molecule has 6 nitrogen and oxygen atoms in total. The van der Waals surface area contributed by atoms with Crippen LogP contribution >= 0.6 is 0 Å². The highest BCUT2D eigenvalue weighted by molar-refractivity contribution is 5.83. The number of hydrogen-bond donors (Lipinski definition) is 3. The molecule has 16 heavy (non-hydrogen) atoms. The van der Waals surface area contributed by atoms with E-state index < -0.39 is 0 Å². The standard InChI is InChI=1S/C10H15N5O/c1-15(2)14-10(11)13-12-7-8-4-3-5-9(16)6-8/h3-7,16H,1-2H3,(H3,11,13,14). The predicted molar refractivity (Wildman–Crippen MR) is 64.1 cm³/mol. The molecule has 0 unspecified atom stereocenters. The van der Waals surface area contributed by atoms with Crippen molar-refractivity contribution in [3.8, 4) is 5.75 Å². The largest absolute Gasteiger partial charge is 0.508 e. The maximum Gasteiger partial charge on any atom is 0.231 e. The van der Waals surface area contributed by atoms with E-state index in [1.807, 2.05) is 6.07 Å². The lowest BCUT2D eigenvalue weighted by Gasteiger charge is -2.05. The average Bonchev–Trinajstić information content (AvgIpc) is 2.16. The van der Waals surface area contributed by atoms with E-state index in [4.69, 9.17) is 5.73 Å². The summed E-state index contributed by atoms with van der Waals surface area (Å²) in [7, 11) is 3.51. The topological polar surface area (TPSA) is 86.2 Å². The van der Waals surface area contributed by atoms with Gasteiger partial charge in [0, 0.05) is 14.1 Å². The monoisotopic (exact) mass is 221 g/mol. The summed E-state index contributed by atoms with van der Waals surface area (Å²) >= 11 is 0. The number of nitrogens with two attached hydrogens (primary N) is 1. The summed E-state index contributed by atoms with van der Waals surface area (Å²) in [6.45, 7) is 0. The van der Waals surface area contributed by atoms with Crippen molar-refractivity contribution >= 4 is 12.2 Å². The Hall–Kier alpha value is -2.24. The van der Waals surface area contributed by atoms with Crippen LogP contribution in [0.25, 0.3) is 0 Å². The fraction of sp³-hybridized carbons (Fsp3) is 0.200. The molecule has 0 bridgehead atoms. The van der Waals surface area contributed by atoms with Crippen LogP contribution in [0.1, 0.15) is 5.56 Å². The number of guanidine groups is 1. The molecule has 0 fully saturated rings. The van der Waals surface area contributed by atoms with Gasteiger partial charge in [-0.15, -0.1) is 5.10 Å². The van der Waals surface area contributed by atoms with Crippen molar-refractivity contribution in [2.45, 2.75) is 0 Å². The summed E-state index contributed by atoms with van der Waals surface area (Å²) < 4.78 is 0. The zero-order valence-electron chi connectivity index (χ0n) is 9.25. The second-order valence-corrected chi connectivity index (χ2v) is 3.30. The Balaban J connectivity index is 2.55. The minimum Gasteiger partial charge on any atom is -0.508 e. The average molecular weight is 221 g/mol. The van der Waals surface area contributed by atoms with E-state index in [0.29, 0.717) is 0 Å². The zero-order chi connectivity index (χ0) is 12.0. The Labute approximate surface area is 94.1 Å². The third-order valence-electron chi connectivity index (χ3n) is 1.57. The molecule has 4 N–H and O–H groups in total. The molecule has 0 spiro atoms. The summed E-state index contributed by atoms with van der Waals surface area (Å²) in [6.07, 6.45) is 1.54. The molecule has 0 aliphatic carbocycles. The molecule has 1 aromatic rings. The number of rotatable bonds is 3. The first-order chi connectivity index (χ1) is 7.58. The molecule has 1 rings (SSSR count). The minimum absolute atomic E-state index is 0.193. The molecule has 0 aliphatic rings. The Bertz CT molecular complexity index is 400. The highest BCUT2D eigenvalue weighted by Gasteiger charge is 1.91. The summed E-state index contributed by atoms with van der Waals surface area (Å²) in [5.74, 6) is 0.389. The maximum atomic E-state index is 9.20. The molecular formula is C10H15N5O. The van der Waals surface area contributed by atoms with Gasteiger partial charge in [0.15, 0.2) is 0 Å². The number of benzene rings is 1. The summed E-state index contributed by atoms with van der Waals surface area (Å²) in [4.78, 5) is 0. The van der Waals surface area contributed by atoms with Gasteiger partial charge in [-0.3, -0.25) is 5.01 Å². The van der Waals surface area contributed by atoms with Gasteiger partial charge in [-0.25, -0.2) is 5.43 Å². The van der Waals surface area contributed by atoms with Gasteiger partial charge in [-0.05, 0) is 17.7 Å². The Kier molecular flexibility index (Phi) is 4.14. The van der Waals surface area contributed by atoms with Crippen LogP contribution in [-0.4, -0.2) is 36.4 Å². The van der Waals surface area contributed by atoms with Crippen LogP contribution in [0.5, 0.6) is 5.75 Å². The van der Waals surface area contributed by atoms with E-state index in [0.717, 1.165) is 5.56 Å². The van der Waals surface area contributed by atoms with Gasteiger partial charge in [-0.1, -0.05) is 12.1 Å². The normalized spacial score (nSPS) is 11.8. The van der Waals surface area contributed by atoms with Crippen molar-refractivity contribution in [1.82, 2.24) is 10.4 Å². The lowest BCUT2D eigenvalue weighted by Crippen LogP contribution is -2.29.